The average Bonchev–Trinajstić information content (AvgIpc) is 3.20. The number of nitrogens with one attached hydrogen (secondary N) is 1. The number of hydrogen-bond donors (Lipinski definition) is 1. The fourth-order valence-electron chi connectivity index (χ4n) is 2.71. The largest absolute Gasteiger partial charge is 0.433 e. The van der Waals surface area contributed by atoms with Gasteiger partial charge >= 0.3 is 5.88 Å². The fraction of sp³-hybridized carbons (Fsp3) is 0.0500. The number of pyridine rings is 1. The number of hydrogen-bond acceptors (Lipinski definition) is 7. The Morgan fingerprint density at radius 1 is 1.17 bits per heavy atom. The number of nitro groups is 1. The van der Waals surface area contributed by atoms with Crippen molar-refractivity contribution < 1.29 is 13.7 Å². The monoisotopic (exact) mass is 391 g/mol. The van der Waals surface area contributed by atoms with E-state index < -0.39 is 10.7 Å². The van der Waals surface area contributed by atoms with Crippen LogP contribution in [-0.2, 0) is 6.54 Å². The van der Waals surface area contributed by atoms with Gasteiger partial charge in [0.1, 0.15) is 22.3 Å². The Morgan fingerprint density at radius 2 is 2.07 bits per heavy atom. The van der Waals surface area contributed by atoms with Gasteiger partial charge in [0.15, 0.2) is 5.82 Å². The van der Waals surface area contributed by atoms with Crippen molar-refractivity contribution in [2.24, 2.45) is 0 Å². The van der Waals surface area contributed by atoms with Gasteiger partial charge in [-0.25, -0.2) is 14.4 Å². The molecule has 0 atom stereocenters. The molecule has 3 aromatic heterocycles. The van der Waals surface area contributed by atoms with Crippen LogP contribution in [0.2, 0.25) is 0 Å². The molecular formula is C20H14FN5O3. The molecule has 0 fully saturated rings. The van der Waals surface area contributed by atoms with Crippen LogP contribution in [-0.4, -0.2) is 19.9 Å². The van der Waals surface area contributed by atoms with Gasteiger partial charge in [-0.05, 0) is 42.0 Å². The summed E-state index contributed by atoms with van der Waals surface area (Å²) < 4.78 is 18.8. The number of benzene rings is 1. The van der Waals surface area contributed by atoms with E-state index in [1.807, 2.05) is 12.1 Å². The molecule has 4 aromatic rings. The van der Waals surface area contributed by atoms with E-state index in [1.165, 1.54) is 30.3 Å². The van der Waals surface area contributed by atoms with E-state index in [-0.39, 0.29) is 11.6 Å². The SMILES string of the molecule is O=[N+]([O-])c1ccc(/C=C/c2nc(NCc3cccnc3)c3ccc(F)cc3n2)o1. The minimum Gasteiger partial charge on any atom is -0.401 e. The first-order chi connectivity index (χ1) is 14.1. The van der Waals surface area contributed by atoms with E-state index in [9.17, 15) is 14.5 Å². The van der Waals surface area contributed by atoms with Crippen molar-refractivity contribution in [1.29, 1.82) is 0 Å². The molecule has 1 aromatic carbocycles. The van der Waals surface area contributed by atoms with Crippen molar-refractivity contribution in [2.45, 2.75) is 6.54 Å². The highest BCUT2D eigenvalue weighted by Crippen LogP contribution is 2.23. The Labute approximate surface area is 163 Å². The first-order valence-corrected chi connectivity index (χ1v) is 8.61. The molecule has 0 radical (unpaired) electrons. The van der Waals surface area contributed by atoms with Gasteiger partial charge in [0, 0.05) is 30.4 Å². The molecule has 0 bridgehead atoms. The number of aromatic nitrogens is 3. The summed E-state index contributed by atoms with van der Waals surface area (Å²) in [4.78, 5) is 23.0. The molecule has 0 amide bonds. The van der Waals surface area contributed by atoms with Gasteiger partial charge in [-0.15, -0.1) is 0 Å². The molecule has 0 aliphatic carbocycles. The lowest BCUT2D eigenvalue weighted by atomic mass is 10.2. The van der Waals surface area contributed by atoms with E-state index in [4.69, 9.17) is 4.42 Å². The van der Waals surface area contributed by atoms with Crippen LogP contribution in [0.5, 0.6) is 0 Å². The molecule has 144 valence electrons. The van der Waals surface area contributed by atoms with Gasteiger partial charge in [-0.3, -0.25) is 15.1 Å². The fourth-order valence-corrected chi connectivity index (χ4v) is 2.71. The number of fused-ring (bicyclic) bond motifs is 1. The summed E-state index contributed by atoms with van der Waals surface area (Å²) in [5.41, 5.74) is 1.39. The van der Waals surface area contributed by atoms with Crippen LogP contribution in [0.25, 0.3) is 23.1 Å². The van der Waals surface area contributed by atoms with Crippen LogP contribution in [0.15, 0.2) is 59.3 Å². The second kappa shape index (κ2) is 7.85. The number of halogens is 1. The van der Waals surface area contributed by atoms with Crippen molar-refractivity contribution in [3.05, 3.63) is 87.9 Å². The molecule has 0 spiro atoms. The maximum absolute atomic E-state index is 13.7. The normalized spacial score (nSPS) is 11.2. The third-order valence-electron chi connectivity index (χ3n) is 4.05. The predicted octanol–water partition coefficient (Wildman–Crippen LogP) is 4.45. The first-order valence-electron chi connectivity index (χ1n) is 8.61. The van der Waals surface area contributed by atoms with Crippen molar-refractivity contribution in [1.82, 2.24) is 15.0 Å². The smallest absolute Gasteiger partial charge is 0.401 e. The second-order valence-electron chi connectivity index (χ2n) is 6.07. The highest BCUT2D eigenvalue weighted by molar-refractivity contribution is 5.90. The highest BCUT2D eigenvalue weighted by Gasteiger charge is 2.11. The zero-order valence-electron chi connectivity index (χ0n) is 14.9. The molecule has 4 rings (SSSR count). The van der Waals surface area contributed by atoms with E-state index in [2.05, 4.69) is 20.3 Å². The lowest BCUT2D eigenvalue weighted by Crippen LogP contribution is -2.04. The van der Waals surface area contributed by atoms with Crippen LogP contribution in [0.3, 0.4) is 0 Å². The molecule has 0 saturated heterocycles. The highest BCUT2D eigenvalue weighted by atomic mass is 19.1. The molecule has 29 heavy (non-hydrogen) atoms. The molecule has 0 unspecified atom stereocenters. The van der Waals surface area contributed by atoms with Gasteiger partial charge in [-0.2, -0.15) is 0 Å². The molecule has 1 N–H and O–H groups in total. The quantitative estimate of drug-likeness (QED) is 0.382. The summed E-state index contributed by atoms with van der Waals surface area (Å²) in [5, 5.41) is 14.6. The third-order valence-corrected chi connectivity index (χ3v) is 4.05. The summed E-state index contributed by atoms with van der Waals surface area (Å²) in [6.07, 6.45) is 6.48. The Kier molecular flexibility index (Phi) is 4.93. The molecule has 0 aliphatic heterocycles. The molecule has 0 aliphatic rings. The first kappa shape index (κ1) is 18.2. The van der Waals surface area contributed by atoms with E-state index in [1.54, 1.807) is 24.5 Å². The Bertz CT molecular complexity index is 1210. The Morgan fingerprint density at radius 3 is 2.83 bits per heavy atom. The minimum atomic E-state index is -0.618. The van der Waals surface area contributed by atoms with Crippen molar-refractivity contribution in [3.8, 4) is 0 Å². The van der Waals surface area contributed by atoms with Gasteiger partial charge in [-0.1, -0.05) is 6.07 Å². The van der Waals surface area contributed by atoms with Crippen LogP contribution in [0, 0.1) is 15.9 Å². The topological polar surface area (TPSA) is 107 Å². The molecule has 0 saturated carbocycles. The van der Waals surface area contributed by atoms with Crippen molar-refractivity contribution in [3.63, 3.8) is 0 Å². The van der Waals surface area contributed by atoms with Crippen LogP contribution >= 0.6 is 0 Å². The van der Waals surface area contributed by atoms with Gasteiger partial charge in [0.25, 0.3) is 0 Å². The number of nitrogens with zero attached hydrogens (tertiary/aromatic N) is 4. The van der Waals surface area contributed by atoms with Gasteiger partial charge < -0.3 is 9.73 Å². The minimum absolute atomic E-state index is 0.282. The van der Waals surface area contributed by atoms with Crippen LogP contribution in [0.1, 0.15) is 17.1 Å². The van der Waals surface area contributed by atoms with Gasteiger partial charge in [0.2, 0.25) is 0 Å². The van der Waals surface area contributed by atoms with E-state index >= 15 is 0 Å². The molecular weight excluding hydrogens is 377 g/mol. The zero-order chi connectivity index (χ0) is 20.2. The number of rotatable bonds is 6. The third kappa shape index (κ3) is 4.24. The lowest BCUT2D eigenvalue weighted by molar-refractivity contribution is -0.402. The number of anilines is 1. The molecule has 9 heteroatoms. The standard InChI is InChI=1S/C20H14FN5O3/c21-14-3-6-16-17(10-14)24-18(7-4-15-5-8-19(29-15)26(27)28)25-20(16)23-12-13-2-1-9-22-11-13/h1-11H,12H2,(H,23,24,25)/b7-4+. The maximum Gasteiger partial charge on any atom is 0.433 e. The molecule has 3 heterocycles. The Hall–Kier alpha value is -4.14. The summed E-state index contributed by atoms with van der Waals surface area (Å²) in [5.74, 6) is 0.347. The molecule has 8 nitrogen and oxygen atoms in total. The Balaban J connectivity index is 1.66. The summed E-state index contributed by atoms with van der Waals surface area (Å²) in [6, 6.07) is 10.8. The zero-order valence-corrected chi connectivity index (χ0v) is 14.9. The van der Waals surface area contributed by atoms with Crippen LogP contribution in [0.4, 0.5) is 16.1 Å². The van der Waals surface area contributed by atoms with Crippen molar-refractivity contribution >= 4 is 34.8 Å². The van der Waals surface area contributed by atoms with Crippen LogP contribution < -0.4 is 5.32 Å². The van der Waals surface area contributed by atoms with E-state index in [0.717, 1.165) is 5.56 Å². The van der Waals surface area contributed by atoms with Crippen molar-refractivity contribution in [2.75, 3.05) is 5.32 Å². The van der Waals surface area contributed by atoms with Gasteiger partial charge in [0.05, 0.1) is 11.6 Å². The summed E-state index contributed by atoms with van der Waals surface area (Å²) in [7, 11) is 0. The predicted molar refractivity (Wildman–Crippen MR) is 105 cm³/mol. The lowest BCUT2D eigenvalue weighted by Gasteiger charge is -2.10. The average molecular weight is 391 g/mol. The van der Waals surface area contributed by atoms with E-state index in [0.29, 0.717) is 29.1 Å². The second-order valence-corrected chi connectivity index (χ2v) is 6.07. The summed E-state index contributed by atoms with van der Waals surface area (Å²) >= 11 is 0. The summed E-state index contributed by atoms with van der Waals surface area (Å²) in [6.45, 7) is 0.477. The number of furan rings is 1. The maximum atomic E-state index is 13.7.